The zero-order chi connectivity index (χ0) is 19.6. The van der Waals surface area contributed by atoms with Crippen LogP contribution in [0.15, 0.2) is 54.1 Å². The van der Waals surface area contributed by atoms with E-state index < -0.39 is 17.7 Å². The van der Waals surface area contributed by atoms with Gasteiger partial charge in [0.2, 0.25) is 0 Å². The number of aliphatic carboxylic acids is 1. The Balaban J connectivity index is 2.25. The number of fused-ring (bicyclic) bond motifs is 1. The molecule has 6 heteroatoms. The highest BCUT2D eigenvalue weighted by molar-refractivity contribution is 6.26. The maximum absolute atomic E-state index is 13.7. The van der Waals surface area contributed by atoms with Gasteiger partial charge in [-0.15, -0.1) is 0 Å². The fraction of sp³-hybridized carbons (Fsp3) is 0.238. The Bertz CT molecular complexity index is 937. The Hall–Kier alpha value is -2.83. The summed E-state index contributed by atoms with van der Waals surface area (Å²) in [6, 6.07) is 13.3. The van der Waals surface area contributed by atoms with E-state index in [1.807, 2.05) is 24.3 Å². The molecule has 5 nitrogen and oxygen atoms in total. The molecule has 2 aromatic rings. The minimum absolute atomic E-state index is 0.140. The van der Waals surface area contributed by atoms with Crippen molar-refractivity contribution in [2.75, 3.05) is 20.3 Å². The summed E-state index contributed by atoms with van der Waals surface area (Å²) >= 11 is 0. The highest BCUT2D eigenvalue weighted by Gasteiger charge is 2.49. The molecule has 1 amide bonds. The third-order valence-electron chi connectivity index (χ3n) is 4.98. The van der Waals surface area contributed by atoms with Crippen LogP contribution in [-0.4, -0.2) is 37.2 Å². The van der Waals surface area contributed by atoms with E-state index in [0.29, 0.717) is 22.4 Å². The monoisotopic (exact) mass is 370 g/mol. The first-order valence-electron chi connectivity index (χ1n) is 8.60. The lowest BCUT2D eigenvalue weighted by Crippen LogP contribution is -2.58. The average molecular weight is 370 g/mol. The zero-order valence-corrected chi connectivity index (χ0v) is 15.2. The number of para-hydroxylation sites is 1. The Kier molecular flexibility index (Phi) is 5.21. The second kappa shape index (κ2) is 7.42. The number of rotatable bonds is 6. The minimum atomic E-state index is -1.26. The van der Waals surface area contributed by atoms with E-state index in [9.17, 15) is 19.1 Å². The molecule has 0 saturated heterocycles. The second-order valence-electron chi connectivity index (χ2n) is 6.60. The van der Waals surface area contributed by atoms with Gasteiger partial charge in [0, 0.05) is 24.3 Å². The molecule has 0 aromatic heterocycles. The third-order valence-corrected chi connectivity index (χ3v) is 4.98. The van der Waals surface area contributed by atoms with Crippen LogP contribution in [0.1, 0.15) is 18.1 Å². The fourth-order valence-corrected chi connectivity index (χ4v) is 3.69. The van der Waals surface area contributed by atoms with Gasteiger partial charge in [-0.2, -0.15) is 0 Å². The molecule has 0 bridgehead atoms. The first-order chi connectivity index (χ1) is 12.9. The fourth-order valence-electron chi connectivity index (χ4n) is 3.69. The van der Waals surface area contributed by atoms with Gasteiger partial charge in [0.15, 0.2) is 5.57 Å². The molecule has 2 aromatic carbocycles. The van der Waals surface area contributed by atoms with Gasteiger partial charge in [-0.05, 0) is 30.7 Å². The number of hydrogen-bond donors (Lipinski definition) is 1. The second-order valence-corrected chi connectivity index (χ2v) is 6.60. The molecular formula is C21H21FNO4+. The molecule has 1 atom stereocenters. The largest absolute Gasteiger partial charge is 0.477 e. The number of hydrogen-bond acceptors (Lipinski definition) is 3. The molecule has 0 spiro atoms. The van der Waals surface area contributed by atoms with Crippen LogP contribution in [-0.2, 0) is 20.9 Å². The van der Waals surface area contributed by atoms with Crippen molar-refractivity contribution in [3.63, 3.8) is 0 Å². The lowest BCUT2D eigenvalue weighted by molar-refractivity contribution is -0.137. The average Bonchev–Trinajstić information content (AvgIpc) is 2.64. The van der Waals surface area contributed by atoms with Gasteiger partial charge >= 0.3 is 11.9 Å². The molecule has 0 aliphatic carbocycles. The van der Waals surface area contributed by atoms with Gasteiger partial charge in [-0.1, -0.05) is 24.3 Å². The number of carboxylic acids is 1. The molecule has 27 heavy (non-hydrogen) atoms. The number of benzene rings is 2. The SMILES string of the molecule is COCC[N+]1(Cc2cccc(F)c2)C(=O)C(C(=O)O)=C(C)c2ccccc21. The minimum Gasteiger partial charge on any atom is -0.477 e. The number of halogens is 1. The Morgan fingerprint density at radius 2 is 1.93 bits per heavy atom. The summed E-state index contributed by atoms with van der Waals surface area (Å²) in [7, 11) is 1.53. The molecule has 140 valence electrons. The normalized spacial score (nSPS) is 19.1. The van der Waals surface area contributed by atoms with Crippen LogP contribution in [0.4, 0.5) is 10.1 Å². The Morgan fingerprint density at radius 1 is 1.19 bits per heavy atom. The maximum Gasteiger partial charge on any atom is 0.359 e. The molecule has 0 fully saturated rings. The highest BCUT2D eigenvalue weighted by Crippen LogP contribution is 2.41. The number of nitrogens with zero attached hydrogens (tertiary/aromatic N) is 1. The van der Waals surface area contributed by atoms with E-state index in [-0.39, 0.29) is 29.8 Å². The molecule has 1 N–H and O–H groups in total. The van der Waals surface area contributed by atoms with Crippen molar-refractivity contribution >= 4 is 23.1 Å². The summed E-state index contributed by atoms with van der Waals surface area (Å²) in [6.07, 6.45) is 0. The van der Waals surface area contributed by atoms with Crippen molar-refractivity contribution in [2.24, 2.45) is 0 Å². The van der Waals surface area contributed by atoms with Crippen LogP contribution in [0.3, 0.4) is 0 Å². The van der Waals surface area contributed by atoms with Crippen molar-refractivity contribution < 1.29 is 23.8 Å². The number of carbonyl (C=O) groups is 2. The first-order valence-corrected chi connectivity index (χ1v) is 8.60. The lowest BCUT2D eigenvalue weighted by Gasteiger charge is -2.39. The van der Waals surface area contributed by atoms with Crippen molar-refractivity contribution in [1.29, 1.82) is 0 Å². The smallest absolute Gasteiger partial charge is 0.359 e. The van der Waals surface area contributed by atoms with E-state index >= 15 is 0 Å². The molecule has 3 rings (SSSR count). The van der Waals surface area contributed by atoms with E-state index in [2.05, 4.69) is 0 Å². The number of carbonyl (C=O) groups excluding carboxylic acids is 1. The van der Waals surface area contributed by atoms with E-state index in [1.165, 1.54) is 19.2 Å². The Morgan fingerprint density at radius 3 is 2.59 bits per heavy atom. The van der Waals surface area contributed by atoms with Crippen LogP contribution in [0.25, 0.3) is 5.57 Å². The Labute approximate surface area is 156 Å². The topological polar surface area (TPSA) is 63.6 Å². The highest BCUT2D eigenvalue weighted by atomic mass is 19.1. The van der Waals surface area contributed by atoms with Crippen LogP contribution in [0.2, 0.25) is 0 Å². The van der Waals surface area contributed by atoms with Gasteiger partial charge in [0.05, 0.1) is 6.61 Å². The summed E-state index contributed by atoms with van der Waals surface area (Å²) in [5.74, 6) is -2.17. The van der Waals surface area contributed by atoms with Crippen LogP contribution in [0, 0.1) is 5.82 Å². The predicted octanol–water partition coefficient (Wildman–Crippen LogP) is 3.38. The number of carboxylic acid groups (broad SMARTS) is 1. The van der Waals surface area contributed by atoms with Crippen LogP contribution in [0.5, 0.6) is 0 Å². The summed E-state index contributed by atoms with van der Waals surface area (Å²) in [4.78, 5) is 25.3. The van der Waals surface area contributed by atoms with Crippen LogP contribution < -0.4 is 4.48 Å². The van der Waals surface area contributed by atoms with Crippen molar-refractivity contribution in [1.82, 2.24) is 4.48 Å². The summed E-state index contributed by atoms with van der Waals surface area (Å²) in [5, 5.41) is 9.69. The molecule has 0 saturated carbocycles. The van der Waals surface area contributed by atoms with E-state index in [0.717, 1.165) is 0 Å². The molecule has 0 radical (unpaired) electrons. The predicted molar refractivity (Wildman–Crippen MR) is 100 cm³/mol. The number of allylic oxidation sites excluding steroid dienone is 1. The quantitative estimate of drug-likeness (QED) is 0.625. The van der Waals surface area contributed by atoms with Crippen molar-refractivity contribution in [3.05, 3.63) is 71.0 Å². The first kappa shape index (κ1) is 18.9. The lowest BCUT2D eigenvalue weighted by atomic mass is 9.91. The van der Waals surface area contributed by atoms with Crippen LogP contribution >= 0.6 is 0 Å². The summed E-state index contributed by atoms with van der Waals surface area (Å²) in [5.41, 5.74) is 2.22. The summed E-state index contributed by atoms with van der Waals surface area (Å²) in [6.45, 7) is 2.28. The summed E-state index contributed by atoms with van der Waals surface area (Å²) < 4.78 is 18.7. The molecule has 1 aliphatic rings. The number of amides is 1. The third kappa shape index (κ3) is 3.29. The van der Waals surface area contributed by atoms with E-state index in [4.69, 9.17) is 4.74 Å². The van der Waals surface area contributed by atoms with Crippen molar-refractivity contribution in [2.45, 2.75) is 13.5 Å². The molecule has 1 unspecified atom stereocenters. The molecule has 1 aliphatic heterocycles. The zero-order valence-electron chi connectivity index (χ0n) is 15.2. The number of ether oxygens (including phenoxy) is 1. The van der Waals surface area contributed by atoms with Crippen molar-refractivity contribution in [3.8, 4) is 0 Å². The standard InChI is InChI=1S/C21H20FNO4/c1-14-17-8-3-4-9-18(17)23(10-11-27-2,20(24)19(14)21(25)26)13-15-6-5-7-16(22)12-15/h3-9,12H,10-11,13H2,1-2H3/p+1. The van der Waals surface area contributed by atoms with Gasteiger partial charge in [0.1, 0.15) is 24.6 Å². The molecule has 1 heterocycles. The van der Waals surface area contributed by atoms with E-state index in [1.54, 1.807) is 19.1 Å². The molecular weight excluding hydrogens is 349 g/mol. The van der Waals surface area contributed by atoms with Gasteiger partial charge in [0.25, 0.3) is 0 Å². The number of quaternary nitrogens is 1. The van der Waals surface area contributed by atoms with Gasteiger partial charge < -0.3 is 9.84 Å². The van der Waals surface area contributed by atoms with Gasteiger partial charge in [-0.3, -0.25) is 0 Å². The maximum atomic E-state index is 13.7. The number of methoxy groups -OCH3 is 1. The van der Waals surface area contributed by atoms with Gasteiger partial charge in [-0.25, -0.2) is 18.5 Å².